The smallest absolute Gasteiger partial charge is 0.251 e. The Balaban J connectivity index is 1.75. The zero-order valence-electron chi connectivity index (χ0n) is 20.5. The Kier molecular flexibility index (Phi) is 8.17. The summed E-state index contributed by atoms with van der Waals surface area (Å²) in [7, 11) is 0. The van der Waals surface area contributed by atoms with Crippen molar-refractivity contribution in [3.8, 4) is 0 Å². The van der Waals surface area contributed by atoms with E-state index in [0.29, 0.717) is 38.2 Å². The molecular weight excluding hydrogens is 455 g/mol. The highest BCUT2D eigenvalue weighted by Gasteiger charge is 2.30. The number of H-pyrrole nitrogens is 1. The fourth-order valence-corrected chi connectivity index (χ4v) is 5.09. The van der Waals surface area contributed by atoms with E-state index in [1.807, 2.05) is 32.1 Å². The van der Waals surface area contributed by atoms with Crippen molar-refractivity contribution in [3.63, 3.8) is 0 Å². The molecule has 0 radical (unpaired) electrons. The predicted molar refractivity (Wildman–Crippen MR) is 140 cm³/mol. The van der Waals surface area contributed by atoms with E-state index in [2.05, 4.69) is 41.4 Å². The lowest BCUT2D eigenvalue weighted by atomic mass is 9.71. The number of rotatable bonds is 6. The number of carbonyl (C=O) groups is 1. The zero-order valence-corrected chi connectivity index (χ0v) is 22.0. The summed E-state index contributed by atoms with van der Waals surface area (Å²) in [6, 6.07) is 4.04. The standard InChI is InChI=1S/C26H36Cl2N4O/c1-7-8-20(28)23(16(3)27)32-25-30-21-13-15(2)19(14-22(21)31-25)24(33)29-18-11-9-17(10-12-18)26(4,5)6/h8,13-14,17-18H,7,9-12H2,1-6H3,(H,29,33)(H2,30,31,32)/b20-8+,23-16-. The van der Waals surface area contributed by atoms with E-state index >= 15 is 0 Å². The number of aromatic amines is 1. The van der Waals surface area contributed by atoms with Gasteiger partial charge in [-0.1, -0.05) is 57.0 Å². The number of hydrogen-bond donors (Lipinski definition) is 3. The normalized spacial score (nSPS) is 20.5. The molecule has 1 heterocycles. The average Bonchev–Trinajstić information content (AvgIpc) is 3.12. The summed E-state index contributed by atoms with van der Waals surface area (Å²) in [6.45, 7) is 12.7. The number of halogens is 2. The fraction of sp³-hybridized carbons (Fsp3) is 0.538. The Morgan fingerprint density at radius 3 is 2.45 bits per heavy atom. The van der Waals surface area contributed by atoms with Crippen LogP contribution in [-0.4, -0.2) is 21.9 Å². The van der Waals surface area contributed by atoms with Gasteiger partial charge < -0.3 is 15.6 Å². The lowest BCUT2D eigenvalue weighted by Gasteiger charge is -2.37. The lowest BCUT2D eigenvalue weighted by molar-refractivity contribution is 0.0903. The molecule has 1 amide bonds. The monoisotopic (exact) mass is 490 g/mol. The van der Waals surface area contributed by atoms with Crippen LogP contribution in [0.15, 0.2) is 34.0 Å². The average molecular weight is 492 g/mol. The molecule has 1 aromatic carbocycles. The molecule has 0 unspecified atom stereocenters. The van der Waals surface area contributed by atoms with E-state index in [1.54, 1.807) is 6.92 Å². The Morgan fingerprint density at radius 1 is 1.21 bits per heavy atom. The number of hydrogen-bond acceptors (Lipinski definition) is 3. The van der Waals surface area contributed by atoms with Gasteiger partial charge in [-0.05, 0) is 75.0 Å². The van der Waals surface area contributed by atoms with E-state index in [0.717, 1.165) is 49.1 Å². The molecule has 1 aliphatic carbocycles. The fourth-order valence-electron chi connectivity index (χ4n) is 4.55. The molecule has 0 aliphatic heterocycles. The Hall–Kier alpha value is -1.98. The molecule has 1 aromatic heterocycles. The van der Waals surface area contributed by atoms with Crippen LogP contribution in [0.25, 0.3) is 11.0 Å². The van der Waals surface area contributed by atoms with E-state index in [4.69, 9.17) is 23.2 Å². The quantitative estimate of drug-likeness (QED) is 0.364. The number of amides is 1. The van der Waals surface area contributed by atoms with E-state index in [1.165, 1.54) is 0 Å². The van der Waals surface area contributed by atoms with Crippen molar-refractivity contribution in [3.05, 3.63) is 45.1 Å². The van der Waals surface area contributed by atoms with Gasteiger partial charge >= 0.3 is 0 Å². The van der Waals surface area contributed by atoms with Crippen LogP contribution in [0.5, 0.6) is 0 Å². The molecule has 33 heavy (non-hydrogen) atoms. The lowest BCUT2D eigenvalue weighted by Crippen LogP contribution is -2.39. The first-order chi connectivity index (χ1) is 15.5. The molecular formula is C26H36Cl2N4O. The number of benzene rings is 1. The van der Waals surface area contributed by atoms with Crippen molar-refractivity contribution in [2.75, 3.05) is 5.32 Å². The summed E-state index contributed by atoms with van der Waals surface area (Å²) in [4.78, 5) is 20.9. The summed E-state index contributed by atoms with van der Waals surface area (Å²) in [6.07, 6.45) is 7.07. The molecule has 1 fully saturated rings. The van der Waals surface area contributed by atoms with Gasteiger partial charge in [0.2, 0.25) is 5.95 Å². The number of aryl methyl sites for hydroxylation is 1. The molecule has 180 valence electrons. The van der Waals surface area contributed by atoms with Crippen molar-refractivity contribution >= 4 is 46.1 Å². The second kappa shape index (κ2) is 10.5. The summed E-state index contributed by atoms with van der Waals surface area (Å²) in [5.74, 6) is 1.22. The highest BCUT2D eigenvalue weighted by Crippen LogP contribution is 2.37. The minimum Gasteiger partial charge on any atom is -0.349 e. The largest absolute Gasteiger partial charge is 0.349 e. The third kappa shape index (κ3) is 6.33. The second-order valence-corrected chi connectivity index (χ2v) is 11.1. The molecule has 0 bridgehead atoms. The summed E-state index contributed by atoms with van der Waals surface area (Å²) < 4.78 is 0. The van der Waals surface area contributed by atoms with Crippen LogP contribution in [-0.2, 0) is 0 Å². The van der Waals surface area contributed by atoms with E-state index in [-0.39, 0.29) is 11.9 Å². The molecule has 1 aliphatic rings. The number of anilines is 1. The molecule has 0 atom stereocenters. The third-order valence-electron chi connectivity index (χ3n) is 6.57. The Morgan fingerprint density at radius 2 is 1.88 bits per heavy atom. The molecule has 3 rings (SSSR count). The summed E-state index contributed by atoms with van der Waals surface area (Å²) >= 11 is 12.6. The van der Waals surface area contributed by atoms with Crippen LogP contribution in [0.1, 0.15) is 82.6 Å². The number of carbonyl (C=O) groups excluding carboxylic acids is 1. The van der Waals surface area contributed by atoms with Gasteiger partial charge in [0.25, 0.3) is 5.91 Å². The van der Waals surface area contributed by atoms with E-state index in [9.17, 15) is 4.79 Å². The Labute approximate surface area is 207 Å². The minimum atomic E-state index is -0.0303. The first kappa shape index (κ1) is 25.6. The van der Waals surface area contributed by atoms with Gasteiger partial charge in [0, 0.05) is 16.6 Å². The van der Waals surface area contributed by atoms with Crippen LogP contribution in [0.3, 0.4) is 0 Å². The summed E-state index contributed by atoms with van der Waals surface area (Å²) in [5, 5.41) is 7.52. The summed E-state index contributed by atoms with van der Waals surface area (Å²) in [5.41, 5.74) is 4.07. The second-order valence-electron chi connectivity index (χ2n) is 10.2. The first-order valence-corrected chi connectivity index (χ1v) is 12.6. The molecule has 2 aromatic rings. The molecule has 7 heteroatoms. The van der Waals surface area contributed by atoms with Gasteiger partial charge in [-0.15, -0.1) is 0 Å². The number of imidazole rings is 1. The van der Waals surface area contributed by atoms with Crippen molar-refractivity contribution < 1.29 is 4.79 Å². The van der Waals surface area contributed by atoms with Crippen molar-refractivity contribution in [1.82, 2.24) is 15.3 Å². The predicted octanol–water partition coefficient (Wildman–Crippen LogP) is 7.62. The SMILES string of the molecule is CC/C=C(Cl)\C(Nc1nc2cc(C(=O)NC3CCC(C(C)(C)C)CC3)c(C)cc2[nH]1)=C(/C)Cl. The molecule has 3 N–H and O–H groups in total. The highest BCUT2D eigenvalue weighted by molar-refractivity contribution is 6.35. The van der Waals surface area contributed by atoms with Crippen molar-refractivity contribution in [1.29, 1.82) is 0 Å². The number of aromatic nitrogens is 2. The van der Waals surface area contributed by atoms with Crippen LogP contribution in [0.2, 0.25) is 0 Å². The molecule has 1 saturated carbocycles. The van der Waals surface area contributed by atoms with Gasteiger partial charge in [0.05, 0.1) is 21.8 Å². The van der Waals surface area contributed by atoms with Crippen LogP contribution in [0, 0.1) is 18.3 Å². The molecule has 5 nitrogen and oxygen atoms in total. The maximum absolute atomic E-state index is 13.1. The van der Waals surface area contributed by atoms with Crippen LogP contribution < -0.4 is 10.6 Å². The van der Waals surface area contributed by atoms with Crippen LogP contribution >= 0.6 is 23.2 Å². The molecule has 0 spiro atoms. The van der Waals surface area contributed by atoms with Gasteiger partial charge in [-0.3, -0.25) is 4.79 Å². The maximum Gasteiger partial charge on any atom is 0.251 e. The van der Waals surface area contributed by atoms with Gasteiger partial charge in [0.15, 0.2) is 0 Å². The van der Waals surface area contributed by atoms with Crippen LogP contribution in [0.4, 0.5) is 5.95 Å². The van der Waals surface area contributed by atoms with Gasteiger partial charge in [0.1, 0.15) is 0 Å². The number of nitrogens with zero attached hydrogens (tertiary/aromatic N) is 1. The number of allylic oxidation sites excluding steroid dienone is 3. The number of nitrogens with one attached hydrogen (secondary N) is 3. The van der Waals surface area contributed by atoms with E-state index < -0.39 is 0 Å². The molecule has 0 saturated heterocycles. The van der Waals surface area contributed by atoms with Gasteiger partial charge in [-0.2, -0.15) is 0 Å². The maximum atomic E-state index is 13.1. The third-order valence-corrected chi connectivity index (χ3v) is 7.10. The van der Waals surface area contributed by atoms with Gasteiger partial charge in [-0.25, -0.2) is 4.98 Å². The minimum absolute atomic E-state index is 0.0303. The Bertz CT molecular complexity index is 1070. The number of fused-ring (bicyclic) bond motifs is 1. The topological polar surface area (TPSA) is 69.8 Å². The van der Waals surface area contributed by atoms with Crippen molar-refractivity contribution in [2.45, 2.75) is 79.7 Å². The zero-order chi connectivity index (χ0) is 24.3. The van der Waals surface area contributed by atoms with Crippen molar-refractivity contribution in [2.24, 2.45) is 11.3 Å². The first-order valence-electron chi connectivity index (χ1n) is 11.8. The highest BCUT2D eigenvalue weighted by atomic mass is 35.5.